The zero-order chi connectivity index (χ0) is 10.8. The summed E-state index contributed by atoms with van der Waals surface area (Å²) >= 11 is 3.20. The summed E-state index contributed by atoms with van der Waals surface area (Å²) in [7, 11) is 2.10. The maximum absolute atomic E-state index is 13.0. The van der Waals surface area contributed by atoms with Crippen molar-refractivity contribution in [3.05, 3.63) is 34.1 Å². The van der Waals surface area contributed by atoms with Gasteiger partial charge in [0.2, 0.25) is 0 Å². The van der Waals surface area contributed by atoms with Crippen LogP contribution in [0.25, 0.3) is 0 Å². The number of benzene rings is 1. The van der Waals surface area contributed by atoms with E-state index < -0.39 is 0 Å². The van der Waals surface area contributed by atoms with Gasteiger partial charge in [-0.05, 0) is 40.7 Å². The largest absolute Gasteiger partial charge is 0.314 e. The van der Waals surface area contributed by atoms with Crippen molar-refractivity contribution in [1.82, 2.24) is 10.2 Å². The standard InChI is InChI=1S/C11H14BrFN2/c1-15(9-5-14-6-9)7-8-2-3-11(13)10(12)4-8/h2-4,9,14H,5-7H2,1H3. The molecule has 0 saturated carbocycles. The Bertz CT molecular complexity index is 352. The molecule has 1 aromatic rings. The average Bonchev–Trinajstić information content (AvgIpc) is 2.08. The van der Waals surface area contributed by atoms with Gasteiger partial charge in [0.05, 0.1) is 4.47 Å². The number of hydrogen-bond donors (Lipinski definition) is 1. The van der Waals surface area contributed by atoms with Crippen molar-refractivity contribution in [2.24, 2.45) is 0 Å². The van der Waals surface area contributed by atoms with E-state index in [1.807, 2.05) is 12.1 Å². The lowest BCUT2D eigenvalue weighted by molar-refractivity contribution is 0.173. The molecule has 1 aliphatic heterocycles. The van der Waals surface area contributed by atoms with Gasteiger partial charge in [0.25, 0.3) is 0 Å². The van der Waals surface area contributed by atoms with Crippen LogP contribution in [0.2, 0.25) is 0 Å². The number of rotatable bonds is 3. The van der Waals surface area contributed by atoms with E-state index >= 15 is 0 Å². The van der Waals surface area contributed by atoms with Gasteiger partial charge < -0.3 is 5.32 Å². The minimum absolute atomic E-state index is 0.202. The molecule has 0 bridgehead atoms. The summed E-state index contributed by atoms with van der Waals surface area (Å²) < 4.78 is 13.5. The average molecular weight is 273 g/mol. The quantitative estimate of drug-likeness (QED) is 0.906. The third kappa shape index (κ3) is 2.56. The van der Waals surface area contributed by atoms with Gasteiger partial charge in [-0.3, -0.25) is 4.90 Å². The number of likely N-dealkylation sites (N-methyl/N-ethyl adjacent to an activating group) is 1. The number of halogens is 2. The molecule has 2 rings (SSSR count). The van der Waals surface area contributed by atoms with Crippen LogP contribution in [-0.2, 0) is 6.54 Å². The molecular formula is C11H14BrFN2. The SMILES string of the molecule is CN(Cc1ccc(F)c(Br)c1)C1CNC1. The van der Waals surface area contributed by atoms with Crippen LogP contribution in [0.5, 0.6) is 0 Å². The first-order valence-corrected chi connectivity index (χ1v) is 5.81. The number of nitrogens with zero attached hydrogens (tertiary/aromatic N) is 1. The molecule has 1 saturated heterocycles. The van der Waals surface area contributed by atoms with Gasteiger partial charge in [-0.25, -0.2) is 4.39 Å². The van der Waals surface area contributed by atoms with Crippen molar-refractivity contribution in [2.45, 2.75) is 12.6 Å². The Morgan fingerprint density at radius 1 is 1.53 bits per heavy atom. The topological polar surface area (TPSA) is 15.3 Å². The highest BCUT2D eigenvalue weighted by Gasteiger charge is 2.21. The molecule has 1 aliphatic rings. The van der Waals surface area contributed by atoms with Crippen molar-refractivity contribution in [3.8, 4) is 0 Å². The Morgan fingerprint density at radius 2 is 2.27 bits per heavy atom. The molecule has 82 valence electrons. The fraction of sp³-hybridized carbons (Fsp3) is 0.455. The summed E-state index contributed by atoms with van der Waals surface area (Å²) in [6.45, 7) is 2.98. The van der Waals surface area contributed by atoms with Crippen LogP contribution in [0.3, 0.4) is 0 Å². The molecular weight excluding hydrogens is 259 g/mol. The highest BCUT2D eigenvalue weighted by molar-refractivity contribution is 9.10. The van der Waals surface area contributed by atoms with Crippen molar-refractivity contribution in [1.29, 1.82) is 0 Å². The summed E-state index contributed by atoms with van der Waals surface area (Å²) in [4.78, 5) is 2.29. The summed E-state index contributed by atoms with van der Waals surface area (Å²) in [6.07, 6.45) is 0. The third-order valence-electron chi connectivity index (χ3n) is 2.80. The van der Waals surface area contributed by atoms with Crippen LogP contribution in [0, 0.1) is 5.82 Å². The molecule has 15 heavy (non-hydrogen) atoms. The van der Waals surface area contributed by atoms with Crippen LogP contribution in [0.4, 0.5) is 4.39 Å². The van der Waals surface area contributed by atoms with Crippen molar-refractivity contribution in [2.75, 3.05) is 20.1 Å². The molecule has 2 nitrogen and oxygen atoms in total. The highest BCUT2D eigenvalue weighted by Crippen LogP contribution is 2.18. The number of hydrogen-bond acceptors (Lipinski definition) is 2. The Morgan fingerprint density at radius 3 is 2.80 bits per heavy atom. The first-order valence-electron chi connectivity index (χ1n) is 5.01. The second-order valence-corrected chi connectivity index (χ2v) is 4.83. The number of nitrogens with one attached hydrogen (secondary N) is 1. The second-order valence-electron chi connectivity index (χ2n) is 3.98. The molecule has 0 spiro atoms. The molecule has 0 amide bonds. The lowest BCUT2D eigenvalue weighted by Gasteiger charge is -2.35. The minimum Gasteiger partial charge on any atom is -0.314 e. The Hall–Kier alpha value is -0.450. The zero-order valence-electron chi connectivity index (χ0n) is 8.63. The minimum atomic E-state index is -0.202. The van der Waals surface area contributed by atoms with Gasteiger partial charge in [0, 0.05) is 25.7 Å². The molecule has 0 aromatic heterocycles. The fourth-order valence-corrected chi connectivity index (χ4v) is 2.07. The van der Waals surface area contributed by atoms with Gasteiger partial charge in [-0.1, -0.05) is 6.07 Å². The predicted octanol–water partition coefficient (Wildman–Crippen LogP) is 1.99. The smallest absolute Gasteiger partial charge is 0.137 e. The zero-order valence-corrected chi connectivity index (χ0v) is 10.2. The van der Waals surface area contributed by atoms with E-state index in [1.54, 1.807) is 0 Å². The monoisotopic (exact) mass is 272 g/mol. The molecule has 1 fully saturated rings. The van der Waals surface area contributed by atoms with Crippen LogP contribution < -0.4 is 5.32 Å². The third-order valence-corrected chi connectivity index (χ3v) is 3.41. The van der Waals surface area contributed by atoms with Gasteiger partial charge >= 0.3 is 0 Å². The van der Waals surface area contributed by atoms with E-state index in [9.17, 15) is 4.39 Å². The van der Waals surface area contributed by atoms with E-state index in [-0.39, 0.29) is 5.82 Å². The first kappa shape index (κ1) is 11.0. The van der Waals surface area contributed by atoms with Gasteiger partial charge in [-0.2, -0.15) is 0 Å². The van der Waals surface area contributed by atoms with Crippen molar-refractivity contribution < 1.29 is 4.39 Å². The van der Waals surface area contributed by atoms with Gasteiger partial charge in [-0.15, -0.1) is 0 Å². The Balaban J connectivity index is 2.00. The summed E-state index contributed by atoms with van der Waals surface area (Å²) in [5, 5.41) is 3.24. The van der Waals surface area contributed by atoms with E-state index in [4.69, 9.17) is 0 Å². The van der Waals surface area contributed by atoms with Crippen LogP contribution in [-0.4, -0.2) is 31.1 Å². The highest BCUT2D eigenvalue weighted by atomic mass is 79.9. The van der Waals surface area contributed by atoms with E-state index in [1.165, 1.54) is 6.07 Å². The van der Waals surface area contributed by atoms with Crippen LogP contribution >= 0.6 is 15.9 Å². The Labute approximate surface area is 97.6 Å². The Kier molecular flexibility index (Phi) is 3.38. The molecule has 0 radical (unpaired) electrons. The maximum Gasteiger partial charge on any atom is 0.137 e. The summed E-state index contributed by atoms with van der Waals surface area (Å²) in [5.74, 6) is -0.202. The lowest BCUT2D eigenvalue weighted by atomic mass is 10.1. The van der Waals surface area contributed by atoms with Crippen LogP contribution in [0.1, 0.15) is 5.56 Å². The van der Waals surface area contributed by atoms with E-state index in [2.05, 4.69) is 33.2 Å². The molecule has 0 unspecified atom stereocenters. The van der Waals surface area contributed by atoms with Crippen LogP contribution in [0.15, 0.2) is 22.7 Å². The van der Waals surface area contributed by atoms with Gasteiger partial charge in [0.1, 0.15) is 5.82 Å². The maximum atomic E-state index is 13.0. The van der Waals surface area contributed by atoms with E-state index in [0.29, 0.717) is 10.5 Å². The normalized spacial score (nSPS) is 16.8. The molecule has 1 heterocycles. The second kappa shape index (κ2) is 4.60. The molecule has 0 aliphatic carbocycles. The molecule has 0 atom stereocenters. The van der Waals surface area contributed by atoms with Crippen molar-refractivity contribution in [3.63, 3.8) is 0 Å². The first-order chi connectivity index (χ1) is 7.16. The molecule has 1 aromatic carbocycles. The molecule has 4 heteroatoms. The van der Waals surface area contributed by atoms with Gasteiger partial charge in [0.15, 0.2) is 0 Å². The van der Waals surface area contributed by atoms with E-state index in [0.717, 1.165) is 25.2 Å². The molecule has 1 N–H and O–H groups in total. The van der Waals surface area contributed by atoms with Crippen molar-refractivity contribution >= 4 is 15.9 Å². The fourth-order valence-electron chi connectivity index (χ4n) is 1.64. The lowest BCUT2D eigenvalue weighted by Crippen LogP contribution is -2.55. The predicted molar refractivity (Wildman–Crippen MR) is 62.2 cm³/mol. The summed E-state index contributed by atoms with van der Waals surface area (Å²) in [6, 6.07) is 5.81. The summed E-state index contributed by atoms with van der Waals surface area (Å²) in [5.41, 5.74) is 1.14.